The molecule has 0 aliphatic heterocycles. The summed E-state index contributed by atoms with van der Waals surface area (Å²) in [4.78, 5) is 12.7. The highest BCUT2D eigenvalue weighted by Crippen LogP contribution is 1.95. The molecule has 0 spiro atoms. The largest absolute Gasteiger partial charge is 0.466 e. The Morgan fingerprint density at radius 1 is 1.58 bits per heavy atom. The quantitative estimate of drug-likeness (QED) is 0.591. The lowest BCUT2D eigenvalue weighted by molar-refractivity contribution is -0.145. The van der Waals surface area contributed by atoms with Crippen LogP contribution in [0.3, 0.4) is 0 Å². The number of ether oxygens (including phenoxy) is 1. The summed E-state index contributed by atoms with van der Waals surface area (Å²) in [5, 5.41) is 9.27. The summed E-state index contributed by atoms with van der Waals surface area (Å²) in [6.45, 7) is 2.60. The van der Waals surface area contributed by atoms with Crippen LogP contribution in [0.25, 0.3) is 0 Å². The highest BCUT2D eigenvalue weighted by Gasteiger charge is 2.11. The van der Waals surface area contributed by atoms with Crippen molar-refractivity contribution < 1.29 is 14.6 Å². The van der Waals surface area contributed by atoms with Crippen LogP contribution in [0, 0.1) is 0 Å². The molecule has 12 heavy (non-hydrogen) atoms. The smallest absolute Gasteiger partial charge is 0.308 e. The highest BCUT2D eigenvalue weighted by molar-refractivity contribution is 5.69. The second-order valence-corrected chi connectivity index (χ2v) is 2.93. The molecule has 0 aliphatic carbocycles. The monoisotopic (exact) mass is 175 g/mol. The van der Waals surface area contributed by atoms with Gasteiger partial charge in [0.1, 0.15) is 0 Å². The fourth-order valence-corrected chi connectivity index (χ4v) is 0.898. The molecule has 0 amide bonds. The molecule has 0 aromatic carbocycles. The third-order valence-corrected chi connectivity index (χ3v) is 1.28. The van der Waals surface area contributed by atoms with Crippen LogP contribution in [-0.4, -0.2) is 49.3 Å². The van der Waals surface area contributed by atoms with Crippen molar-refractivity contribution in [2.45, 2.75) is 19.4 Å². The molecule has 0 fully saturated rings. The van der Waals surface area contributed by atoms with Crippen molar-refractivity contribution in [1.29, 1.82) is 0 Å². The van der Waals surface area contributed by atoms with Crippen LogP contribution in [0.2, 0.25) is 0 Å². The number of carbonyl (C=O) groups is 1. The van der Waals surface area contributed by atoms with E-state index in [2.05, 4.69) is 4.74 Å². The second kappa shape index (κ2) is 5.97. The maximum Gasteiger partial charge on any atom is 0.308 e. The van der Waals surface area contributed by atoms with Gasteiger partial charge >= 0.3 is 5.97 Å². The Hall–Kier alpha value is -0.610. The van der Waals surface area contributed by atoms with E-state index in [1.165, 1.54) is 0 Å². The number of aliphatic hydroxyl groups is 1. The molecule has 0 aromatic heterocycles. The third kappa shape index (κ3) is 6.12. The van der Waals surface area contributed by atoms with Gasteiger partial charge < -0.3 is 14.7 Å². The SMILES string of the molecule is CCOC(=O)C[C@@H](O)CN(C)C. The predicted molar refractivity (Wildman–Crippen MR) is 45.8 cm³/mol. The van der Waals surface area contributed by atoms with Crippen molar-refractivity contribution in [3.05, 3.63) is 0 Å². The van der Waals surface area contributed by atoms with Crippen LogP contribution in [0.1, 0.15) is 13.3 Å². The van der Waals surface area contributed by atoms with Gasteiger partial charge in [-0.15, -0.1) is 0 Å². The Balaban J connectivity index is 3.54. The van der Waals surface area contributed by atoms with E-state index in [1.807, 2.05) is 19.0 Å². The van der Waals surface area contributed by atoms with Crippen LogP contribution < -0.4 is 0 Å². The first-order valence-corrected chi connectivity index (χ1v) is 4.04. The Morgan fingerprint density at radius 2 is 2.17 bits per heavy atom. The van der Waals surface area contributed by atoms with E-state index in [9.17, 15) is 9.90 Å². The molecule has 0 saturated carbocycles. The van der Waals surface area contributed by atoms with E-state index < -0.39 is 6.10 Å². The Labute approximate surface area is 73.1 Å². The van der Waals surface area contributed by atoms with E-state index in [0.29, 0.717) is 13.2 Å². The summed E-state index contributed by atoms with van der Waals surface area (Å²) in [7, 11) is 3.68. The number of aliphatic hydroxyl groups excluding tert-OH is 1. The van der Waals surface area contributed by atoms with E-state index >= 15 is 0 Å². The lowest BCUT2D eigenvalue weighted by Crippen LogP contribution is -2.28. The van der Waals surface area contributed by atoms with Crippen molar-refractivity contribution >= 4 is 5.97 Å². The molecule has 0 bridgehead atoms. The number of hydrogen-bond acceptors (Lipinski definition) is 4. The summed E-state index contributed by atoms with van der Waals surface area (Å²) in [6, 6.07) is 0. The topological polar surface area (TPSA) is 49.8 Å². The van der Waals surface area contributed by atoms with E-state index in [1.54, 1.807) is 6.92 Å². The Kier molecular flexibility index (Phi) is 5.66. The van der Waals surface area contributed by atoms with Crippen molar-refractivity contribution in [2.75, 3.05) is 27.2 Å². The van der Waals surface area contributed by atoms with Crippen molar-refractivity contribution in [2.24, 2.45) is 0 Å². The molecule has 1 N–H and O–H groups in total. The normalized spacial score (nSPS) is 13.1. The zero-order valence-corrected chi connectivity index (χ0v) is 7.91. The third-order valence-electron chi connectivity index (χ3n) is 1.28. The first kappa shape index (κ1) is 11.4. The van der Waals surface area contributed by atoms with E-state index in [-0.39, 0.29) is 12.4 Å². The first-order chi connectivity index (χ1) is 5.56. The van der Waals surface area contributed by atoms with Crippen molar-refractivity contribution in [3.8, 4) is 0 Å². The summed E-state index contributed by atoms with van der Waals surface area (Å²) in [6.07, 6.45) is -0.550. The molecule has 0 rings (SSSR count). The van der Waals surface area contributed by atoms with Gasteiger partial charge in [-0.05, 0) is 21.0 Å². The number of carbonyl (C=O) groups excluding carboxylic acids is 1. The molecular formula is C8H17NO3. The van der Waals surface area contributed by atoms with Crippen LogP contribution in [0.5, 0.6) is 0 Å². The maximum absolute atomic E-state index is 10.8. The van der Waals surface area contributed by atoms with E-state index in [0.717, 1.165) is 0 Å². The van der Waals surface area contributed by atoms with Crippen molar-refractivity contribution in [1.82, 2.24) is 4.90 Å². The molecule has 0 unspecified atom stereocenters. The minimum absolute atomic E-state index is 0.0754. The minimum Gasteiger partial charge on any atom is -0.466 e. The van der Waals surface area contributed by atoms with Gasteiger partial charge in [0.2, 0.25) is 0 Å². The number of esters is 1. The molecule has 0 aliphatic rings. The zero-order chi connectivity index (χ0) is 9.56. The van der Waals surface area contributed by atoms with Gasteiger partial charge in [0.05, 0.1) is 19.1 Å². The highest BCUT2D eigenvalue weighted by atomic mass is 16.5. The summed E-state index contributed by atoms with van der Waals surface area (Å²) in [5.41, 5.74) is 0. The van der Waals surface area contributed by atoms with Crippen LogP contribution in [-0.2, 0) is 9.53 Å². The number of likely N-dealkylation sites (N-methyl/N-ethyl adjacent to an activating group) is 1. The molecule has 1 atom stereocenters. The Bertz CT molecular complexity index is 136. The van der Waals surface area contributed by atoms with Gasteiger partial charge in [0, 0.05) is 6.54 Å². The molecule has 0 aromatic rings. The van der Waals surface area contributed by atoms with Gasteiger partial charge in [-0.3, -0.25) is 4.79 Å². The lowest BCUT2D eigenvalue weighted by atomic mass is 10.2. The molecule has 4 heteroatoms. The zero-order valence-electron chi connectivity index (χ0n) is 7.91. The molecule has 4 nitrogen and oxygen atoms in total. The van der Waals surface area contributed by atoms with Crippen molar-refractivity contribution in [3.63, 3.8) is 0 Å². The molecular weight excluding hydrogens is 158 g/mol. The average Bonchev–Trinajstić information content (AvgIpc) is 1.84. The maximum atomic E-state index is 10.8. The van der Waals surface area contributed by atoms with Gasteiger partial charge in [0.25, 0.3) is 0 Å². The lowest BCUT2D eigenvalue weighted by Gasteiger charge is -2.14. The van der Waals surface area contributed by atoms with Crippen LogP contribution >= 0.6 is 0 Å². The van der Waals surface area contributed by atoms with Crippen LogP contribution in [0.15, 0.2) is 0 Å². The molecule has 0 radical (unpaired) electrons. The summed E-state index contributed by atoms with van der Waals surface area (Å²) < 4.78 is 4.68. The molecule has 0 saturated heterocycles. The summed E-state index contributed by atoms with van der Waals surface area (Å²) >= 11 is 0. The predicted octanol–water partition coefficient (Wildman–Crippen LogP) is -0.138. The fourth-order valence-electron chi connectivity index (χ4n) is 0.898. The van der Waals surface area contributed by atoms with Gasteiger partial charge in [0.15, 0.2) is 0 Å². The standard InChI is InChI=1S/C8H17NO3/c1-4-12-8(11)5-7(10)6-9(2)3/h7,10H,4-6H2,1-3H3/t7-/m1/s1. The number of nitrogens with zero attached hydrogens (tertiary/aromatic N) is 1. The van der Waals surface area contributed by atoms with E-state index in [4.69, 9.17) is 0 Å². The molecule has 0 heterocycles. The summed E-state index contributed by atoms with van der Waals surface area (Å²) in [5.74, 6) is -0.341. The van der Waals surface area contributed by atoms with Crippen LogP contribution in [0.4, 0.5) is 0 Å². The fraction of sp³-hybridized carbons (Fsp3) is 0.875. The number of rotatable bonds is 5. The number of hydrogen-bond donors (Lipinski definition) is 1. The average molecular weight is 175 g/mol. The Morgan fingerprint density at radius 3 is 2.58 bits per heavy atom. The minimum atomic E-state index is -0.626. The van der Waals surface area contributed by atoms with Gasteiger partial charge in [-0.2, -0.15) is 0 Å². The molecule has 72 valence electrons. The second-order valence-electron chi connectivity index (χ2n) is 2.93. The van der Waals surface area contributed by atoms with Gasteiger partial charge in [-0.1, -0.05) is 0 Å². The first-order valence-electron chi connectivity index (χ1n) is 4.04. The van der Waals surface area contributed by atoms with Gasteiger partial charge in [-0.25, -0.2) is 0 Å².